The number of carbonyl (C=O) groups excluding carboxylic acids is 2. The van der Waals surface area contributed by atoms with Gasteiger partial charge < -0.3 is 24.4 Å². The summed E-state index contributed by atoms with van der Waals surface area (Å²) in [6, 6.07) is 14.9. The minimum Gasteiger partial charge on any atom is -0.496 e. The van der Waals surface area contributed by atoms with E-state index >= 15 is 0 Å². The summed E-state index contributed by atoms with van der Waals surface area (Å²) in [4.78, 5) is 38.7. The molecule has 2 amide bonds. The number of hydrogen-bond donors (Lipinski definition) is 1. The van der Waals surface area contributed by atoms with Crippen molar-refractivity contribution in [2.45, 2.75) is 44.5 Å². The molecule has 0 bridgehead atoms. The van der Waals surface area contributed by atoms with Gasteiger partial charge in [-0.3, -0.25) is 14.5 Å². The molecular weight excluding hydrogens is 546 g/mol. The first-order valence-electron chi connectivity index (χ1n) is 13.8. The van der Waals surface area contributed by atoms with Crippen LogP contribution in [0, 0.1) is 0 Å². The molecule has 2 aromatic carbocycles. The molecule has 10 nitrogen and oxygen atoms in total. The molecule has 41 heavy (non-hydrogen) atoms. The first-order valence-corrected chi connectivity index (χ1v) is 14.1. The second kappa shape index (κ2) is 13.8. The van der Waals surface area contributed by atoms with E-state index in [1.54, 1.807) is 7.11 Å². The first-order chi connectivity index (χ1) is 20.0. The van der Waals surface area contributed by atoms with Crippen LogP contribution in [0.1, 0.15) is 30.4 Å². The maximum absolute atomic E-state index is 13.8. The summed E-state index contributed by atoms with van der Waals surface area (Å²) < 4.78 is 16.7. The summed E-state index contributed by atoms with van der Waals surface area (Å²) in [6.07, 6.45) is 5.57. The number of hydrogen-bond acceptors (Lipinski definition) is 8. The van der Waals surface area contributed by atoms with Crippen molar-refractivity contribution in [3.8, 4) is 11.8 Å². The molecule has 0 radical (unpaired) electrons. The number of rotatable bonds is 13. The number of nitrogens with zero attached hydrogens (tertiary/aromatic N) is 4. The quantitative estimate of drug-likeness (QED) is 0.306. The van der Waals surface area contributed by atoms with Gasteiger partial charge in [0.1, 0.15) is 11.8 Å². The van der Waals surface area contributed by atoms with Gasteiger partial charge in [0.2, 0.25) is 11.8 Å². The van der Waals surface area contributed by atoms with E-state index in [1.807, 2.05) is 53.4 Å². The predicted molar refractivity (Wildman–Crippen MR) is 154 cm³/mol. The molecule has 2 fully saturated rings. The zero-order chi connectivity index (χ0) is 28.6. The Hall–Kier alpha value is -3.73. The Morgan fingerprint density at radius 2 is 1.80 bits per heavy atom. The normalized spacial score (nSPS) is 16.9. The summed E-state index contributed by atoms with van der Waals surface area (Å²) in [7, 11) is 1.64. The molecule has 0 unspecified atom stereocenters. The Morgan fingerprint density at radius 3 is 2.54 bits per heavy atom. The molecule has 216 valence electrons. The number of carbonyl (C=O) groups is 2. The van der Waals surface area contributed by atoms with Gasteiger partial charge in [0.05, 0.1) is 51.6 Å². The van der Waals surface area contributed by atoms with Gasteiger partial charge in [0.15, 0.2) is 0 Å². The van der Waals surface area contributed by atoms with Crippen molar-refractivity contribution in [3.63, 3.8) is 0 Å². The fourth-order valence-corrected chi connectivity index (χ4v) is 5.00. The highest BCUT2D eigenvalue weighted by Crippen LogP contribution is 2.32. The zero-order valence-electron chi connectivity index (χ0n) is 23.0. The van der Waals surface area contributed by atoms with E-state index < -0.39 is 6.04 Å². The molecule has 1 aliphatic heterocycles. The highest BCUT2D eigenvalue weighted by atomic mass is 35.5. The summed E-state index contributed by atoms with van der Waals surface area (Å²) in [6.45, 7) is 2.18. The lowest BCUT2D eigenvalue weighted by Crippen LogP contribution is -2.61. The van der Waals surface area contributed by atoms with E-state index in [4.69, 9.17) is 25.8 Å². The lowest BCUT2D eigenvalue weighted by atomic mass is 10.1. The van der Waals surface area contributed by atoms with Gasteiger partial charge in [-0.2, -0.15) is 0 Å². The van der Waals surface area contributed by atoms with Crippen molar-refractivity contribution in [1.29, 1.82) is 0 Å². The third kappa shape index (κ3) is 7.32. The molecule has 2 aliphatic rings. The van der Waals surface area contributed by atoms with Gasteiger partial charge in [-0.25, -0.2) is 9.97 Å². The van der Waals surface area contributed by atoms with E-state index in [0.717, 1.165) is 29.7 Å². The number of benzene rings is 2. The Labute approximate surface area is 244 Å². The van der Waals surface area contributed by atoms with Crippen LogP contribution in [-0.2, 0) is 27.5 Å². The Kier molecular flexibility index (Phi) is 9.66. The molecule has 0 spiro atoms. The molecule has 2 heterocycles. The lowest BCUT2D eigenvalue weighted by Gasteiger charge is -2.37. The molecule has 1 atom stereocenters. The number of halogens is 1. The fourth-order valence-electron chi connectivity index (χ4n) is 4.80. The van der Waals surface area contributed by atoms with Crippen LogP contribution in [0.3, 0.4) is 0 Å². The number of amides is 2. The Bertz CT molecular complexity index is 1340. The Morgan fingerprint density at radius 1 is 1.07 bits per heavy atom. The number of nitrogens with one attached hydrogen (secondary N) is 1. The zero-order valence-corrected chi connectivity index (χ0v) is 23.8. The van der Waals surface area contributed by atoms with Crippen molar-refractivity contribution in [2.75, 3.05) is 38.3 Å². The van der Waals surface area contributed by atoms with Crippen molar-refractivity contribution in [2.24, 2.45) is 0 Å². The topological polar surface area (TPSA) is 106 Å². The van der Waals surface area contributed by atoms with Crippen LogP contribution in [0.5, 0.6) is 11.8 Å². The molecule has 1 aromatic heterocycles. The third-order valence-corrected chi connectivity index (χ3v) is 7.42. The Balaban J connectivity index is 1.16. The van der Waals surface area contributed by atoms with Crippen LogP contribution in [0.2, 0.25) is 5.02 Å². The van der Waals surface area contributed by atoms with Crippen molar-refractivity contribution in [3.05, 3.63) is 77.1 Å². The van der Waals surface area contributed by atoms with Crippen LogP contribution in [0.15, 0.2) is 60.9 Å². The molecule has 1 N–H and O–H groups in total. The fraction of sp³-hybridized carbons (Fsp3) is 0.400. The van der Waals surface area contributed by atoms with Crippen LogP contribution in [0.25, 0.3) is 0 Å². The SMILES string of the molecule is COc1ccccc1COCCCOc1ncc(N2C(=O)CNC[C@@H]2C(=O)N(Cc2ccccc2Cl)C2CC2)cn1. The van der Waals surface area contributed by atoms with E-state index in [1.165, 1.54) is 17.3 Å². The lowest BCUT2D eigenvalue weighted by molar-refractivity contribution is -0.136. The molecular formula is C30H34ClN5O5. The predicted octanol–water partition coefficient (Wildman–Crippen LogP) is 3.62. The first kappa shape index (κ1) is 28.8. The van der Waals surface area contributed by atoms with Crippen molar-refractivity contribution in [1.82, 2.24) is 20.2 Å². The van der Waals surface area contributed by atoms with Crippen LogP contribution < -0.4 is 19.7 Å². The highest BCUT2D eigenvalue weighted by Gasteiger charge is 2.41. The average Bonchev–Trinajstić information content (AvgIpc) is 3.84. The minimum atomic E-state index is -0.713. The van der Waals surface area contributed by atoms with E-state index in [9.17, 15) is 9.59 Å². The van der Waals surface area contributed by atoms with Gasteiger partial charge in [-0.05, 0) is 30.5 Å². The molecule has 1 aliphatic carbocycles. The summed E-state index contributed by atoms with van der Waals surface area (Å²) in [5.41, 5.74) is 2.32. The second-order valence-corrected chi connectivity index (χ2v) is 10.4. The number of aromatic nitrogens is 2. The second-order valence-electron chi connectivity index (χ2n) is 9.99. The van der Waals surface area contributed by atoms with Crippen LogP contribution >= 0.6 is 11.6 Å². The number of anilines is 1. The van der Waals surface area contributed by atoms with Gasteiger partial charge in [0, 0.05) is 36.1 Å². The van der Waals surface area contributed by atoms with Crippen LogP contribution in [-0.4, -0.2) is 72.2 Å². The summed E-state index contributed by atoms with van der Waals surface area (Å²) in [5.74, 6) is 0.457. The van der Waals surface area contributed by atoms with Gasteiger partial charge in [0.25, 0.3) is 0 Å². The molecule has 1 saturated heterocycles. The largest absolute Gasteiger partial charge is 0.496 e. The van der Waals surface area contributed by atoms with Crippen molar-refractivity contribution >= 4 is 29.1 Å². The third-order valence-electron chi connectivity index (χ3n) is 7.06. The summed E-state index contributed by atoms with van der Waals surface area (Å²) >= 11 is 6.39. The van der Waals surface area contributed by atoms with Gasteiger partial charge >= 0.3 is 6.01 Å². The minimum absolute atomic E-state index is 0.124. The molecule has 1 saturated carbocycles. The summed E-state index contributed by atoms with van der Waals surface area (Å²) in [5, 5.41) is 3.70. The number of para-hydroxylation sites is 1. The smallest absolute Gasteiger partial charge is 0.316 e. The highest BCUT2D eigenvalue weighted by molar-refractivity contribution is 6.31. The van der Waals surface area contributed by atoms with E-state index in [-0.39, 0.29) is 30.4 Å². The number of ether oxygens (including phenoxy) is 3. The monoisotopic (exact) mass is 579 g/mol. The number of piperazine rings is 1. The molecule has 3 aromatic rings. The number of methoxy groups -OCH3 is 1. The van der Waals surface area contributed by atoms with Crippen LogP contribution in [0.4, 0.5) is 5.69 Å². The standard InChI is InChI=1S/C30H34ClN5O5/c1-39-27-10-5-3-8-22(27)20-40-13-6-14-41-30-33-15-24(16-34-30)36-26(17-32-18-28(36)37)29(38)35(23-11-12-23)19-21-7-2-4-9-25(21)31/h2-5,7-10,15-16,23,26,32H,6,11-14,17-20H2,1H3/t26-/m1/s1. The maximum atomic E-state index is 13.8. The van der Waals surface area contributed by atoms with Crippen molar-refractivity contribution < 1.29 is 23.8 Å². The average molecular weight is 580 g/mol. The van der Waals surface area contributed by atoms with Gasteiger partial charge in [-0.15, -0.1) is 0 Å². The van der Waals surface area contributed by atoms with E-state index in [0.29, 0.717) is 50.0 Å². The maximum Gasteiger partial charge on any atom is 0.316 e. The molecule has 5 rings (SSSR count). The van der Waals surface area contributed by atoms with Gasteiger partial charge in [-0.1, -0.05) is 48.0 Å². The molecule has 11 heteroatoms. The van der Waals surface area contributed by atoms with E-state index in [2.05, 4.69) is 15.3 Å².